The number of fused-ring (bicyclic) bond motifs is 1. The fourth-order valence-electron chi connectivity index (χ4n) is 2.60. The normalized spacial score (nSPS) is 18.9. The lowest BCUT2D eigenvalue weighted by atomic mass is 10.0. The number of carbonyl (C=O) groups is 2. The van der Waals surface area contributed by atoms with Crippen LogP contribution in [0, 0.1) is 0 Å². The molecule has 0 fully saturated rings. The second kappa shape index (κ2) is 4.58. The van der Waals surface area contributed by atoms with Gasteiger partial charge in [0, 0.05) is 4.88 Å². The van der Waals surface area contributed by atoms with E-state index in [4.69, 9.17) is 4.74 Å². The van der Waals surface area contributed by atoms with Gasteiger partial charge in [0.1, 0.15) is 11.6 Å². The average Bonchev–Trinajstić information content (AvgIpc) is 2.80. The molecule has 2 rings (SSSR count). The number of ether oxygens (including phenoxy) is 1. The van der Waals surface area contributed by atoms with Crippen molar-refractivity contribution in [3.63, 3.8) is 0 Å². The molecule has 0 spiro atoms. The van der Waals surface area contributed by atoms with Gasteiger partial charge in [0.2, 0.25) is 0 Å². The molecule has 2 heterocycles. The van der Waals surface area contributed by atoms with Crippen molar-refractivity contribution in [3.8, 4) is 0 Å². The molecule has 1 atom stereocenters. The summed E-state index contributed by atoms with van der Waals surface area (Å²) in [5.41, 5.74) is -0.324. The van der Waals surface area contributed by atoms with Crippen LogP contribution in [0.25, 0.3) is 0 Å². The van der Waals surface area contributed by atoms with Gasteiger partial charge in [0.05, 0.1) is 11.1 Å². The third kappa shape index (κ3) is 2.35. The predicted molar refractivity (Wildman–Crippen MR) is 78.8 cm³/mol. The smallest absolute Gasteiger partial charge is 0.329 e. The van der Waals surface area contributed by atoms with E-state index in [1.807, 2.05) is 46.1 Å². The molecule has 1 aliphatic heterocycles. The number of hydrogen-bond acceptors (Lipinski definition) is 4. The highest BCUT2D eigenvalue weighted by Crippen LogP contribution is 2.43. The highest BCUT2D eigenvalue weighted by molar-refractivity contribution is 7.10. The molecule has 0 aliphatic carbocycles. The van der Waals surface area contributed by atoms with Crippen LogP contribution in [-0.4, -0.2) is 28.4 Å². The monoisotopic (exact) mass is 295 g/mol. The van der Waals surface area contributed by atoms with E-state index in [0.717, 1.165) is 4.88 Å². The fourth-order valence-corrected chi connectivity index (χ4v) is 3.61. The van der Waals surface area contributed by atoms with Crippen molar-refractivity contribution >= 4 is 23.2 Å². The lowest BCUT2D eigenvalue weighted by Gasteiger charge is -2.36. The third-order valence-electron chi connectivity index (χ3n) is 3.41. The first-order valence-corrected chi connectivity index (χ1v) is 7.58. The van der Waals surface area contributed by atoms with Crippen molar-refractivity contribution in [3.05, 3.63) is 21.9 Å². The van der Waals surface area contributed by atoms with E-state index in [1.165, 1.54) is 0 Å². The van der Waals surface area contributed by atoms with Gasteiger partial charge >= 0.3 is 5.97 Å². The van der Waals surface area contributed by atoms with Crippen LogP contribution in [0.4, 0.5) is 0 Å². The molecular formula is C15H21NO3S. The molecule has 1 aromatic rings. The van der Waals surface area contributed by atoms with Gasteiger partial charge in [-0.15, -0.1) is 11.3 Å². The second-order valence-corrected chi connectivity index (χ2v) is 7.52. The number of rotatable bonds is 2. The number of esters is 1. The molecule has 1 aliphatic rings. The van der Waals surface area contributed by atoms with Gasteiger partial charge in [-0.1, -0.05) is 0 Å². The van der Waals surface area contributed by atoms with Crippen LogP contribution in [0.5, 0.6) is 0 Å². The van der Waals surface area contributed by atoms with Crippen LogP contribution in [-0.2, 0) is 15.1 Å². The Morgan fingerprint density at radius 1 is 1.40 bits per heavy atom. The third-order valence-corrected chi connectivity index (χ3v) is 4.63. The molecule has 0 bridgehead atoms. The quantitative estimate of drug-likeness (QED) is 0.787. The van der Waals surface area contributed by atoms with Gasteiger partial charge in [-0.3, -0.25) is 4.79 Å². The maximum absolute atomic E-state index is 12.5. The Hall–Kier alpha value is -1.36. The standard InChI is InChI=1S/C15H21NO3S/c1-9(13(18)19-14(2,3)4)16-12(17)10-7-8-20-11(10)15(16,5)6/h7-9H,1-6H3. The largest absolute Gasteiger partial charge is 0.458 e. The van der Waals surface area contributed by atoms with Crippen LogP contribution in [0.1, 0.15) is 56.8 Å². The Labute approximate surface area is 123 Å². The zero-order chi connectivity index (χ0) is 15.3. The van der Waals surface area contributed by atoms with E-state index in [1.54, 1.807) is 23.2 Å². The van der Waals surface area contributed by atoms with Crippen molar-refractivity contribution in [1.29, 1.82) is 0 Å². The molecular weight excluding hydrogens is 274 g/mol. The maximum atomic E-state index is 12.5. The first-order chi connectivity index (χ1) is 9.05. The van der Waals surface area contributed by atoms with Gasteiger partial charge in [-0.2, -0.15) is 0 Å². The van der Waals surface area contributed by atoms with Gasteiger partial charge in [-0.05, 0) is 53.0 Å². The molecule has 110 valence electrons. The number of amides is 1. The average molecular weight is 295 g/mol. The van der Waals surface area contributed by atoms with Crippen molar-refractivity contribution in [2.75, 3.05) is 0 Å². The molecule has 1 amide bonds. The van der Waals surface area contributed by atoms with E-state index in [9.17, 15) is 9.59 Å². The summed E-state index contributed by atoms with van der Waals surface area (Å²) < 4.78 is 5.40. The van der Waals surface area contributed by atoms with E-state index in [2.05, 4.69) is 0 Å². The lowest BCUT2D eigenvalue weighted by molar-refractivity contribution is -0.161. The van der Waals surface area contributed by atoms with Crippen molar-refractivity contribution < 1.29 is 14.3 Å². The number of nitrogens with zero attached hydrogens (tertiary/aromatic N) is 1. The summed E-state index contributed by atoms with van der Waals surface area (Å²) in [4.78, 5) is 27.4. The maximum Gasteiger partial charge on any atom is 0.329 e. The Bertz CT molecular complexity index is 554. The zero-order valence-corrected chi connectivity index (χ0v) is 13.6. The molecule has 0 N–H and O–H groups in total. The van der Waals surface area contributed by atoms with Gasteiger partial charge in [0.15, 0.2) is 0 Å². The van der Waals surface area contributed by atoms with Gasteiger partial charge in [0.25, 0.3) is 5.91 Å². The van der Waals surface area contributed by atoms with E-state index >= 15 is 0 Å². The van der Waals surface area contributed by atoms with E-state index in [0.29, 0.717) is 5.56 Å². The van der Waals surface area contributed by atoms with Crippen molar-refractivity contribution in [2.24, 2.45) is 0 Å². The Morgan fingerprint density at radius 3 is 2.50 bits per heavy atom. The molecule has 0 radical (unpaired) electrons. The molecule has 20 heavy (non-hydrogen) atoms. The highest BCUT2D eigenvalue weighted by atomic mass is 32.1. The summed E-state index contributed by atoms with van der Waals surface area (Å²) in [5, 5.41) is 1.92. The van der Waals surface area contributed by atoms with Crippen LogP contribution >= 0.6 is 11.3 Å². The lowest BCUT2D eigenvalue weighted by Crippen LogP contribution is -2.50. The molecule has 5 heteroatoms. The predicted octanol–water partition coefficient (Wildman–Crippen LogP) is 3.17. The minimum Gasteiger partial charge on any atom is -0.458 e. The Balaban J connectivity index is 2.28. The van der Waals surface area contributed by atoms with Gasteiger partial charge in [-0.25, -0.2) is 4.79 Å². The van der Waals surface area contributed by atoms with Gasteiger partial charge < -0.3 is 9.64 Å². The van der Waals surface area contributed by atoms with Crippen molar-refractivity contribution in [2.45, 2.75) is 58.7 Å². The van der Waals surface area contributed by atoms with Crippen LogP contribution in [0.15, 0.2) is 11.4 Å². The molecule has 1 unspecified atom stereocenters. The topological polar surface area (TPSA) is 46.6 Å². The van der Waals surface area contributed by atoms with E-state index < -0.39 is 17.2 Å². The molecule has 0 aromatic carbocycles. The number of hydrogen-bond donors (Lipinski definition) is 0. The molecule has 0 saturated heterocycles. The van der Waals surface area contributed by atoms with Crippen LogP contribution in [0.2, 0.25) is 0 Å². The second-order valence-electron chi connectivity index (χ2n) is 6.61. The summed E-state index contributed by atoms with van der Waals surface area (Å²) in [6.07, 6.45) is 0. The minimum atomic E-state index is -0.601. The number of thiophene rings is 1. The SMILES string of the molecule is CC(C(=O)OC(C)(C)C)N1C(=O)c2ccsc2C1(C)C. The summed E-state index contributed by atoms with van der Waals surface area (Å²) in [7, 11) is 0. The Morgan fingerprint density at radius 2 is 2.00 bits per heavy atom. The summed E-state index contributed by atoms with van der Waals surface area (Å²) in [6.45, 7) is 11.1. The first kappa shape index (κ1) is 15.0. The molecule has 1 aromatic heterocycles. The highest BCUT2D eigenvalue weighted by Gasteiger charge is 2.48. The van der Waals surface area contributed by atoms with E-state index in [-0.39, 0.29) is 11.9 Å². The minimum absolute atomic E-state index is 0.0930. The Kier molecular flexibility index (Phi) is 3.45. The van der Waals surface area contributed by atoms with Crippen LogP contribution in [0.3, 0.4) is 0 Å². The summed E-state index contributed by atoms with van der Waals surface area (Å²) in [6, 6.07) is 1.22. The fraction of sp³-hybridized carbons (Fsp3) is 0.600. The molecule has 4 nitrogen and oxygen atoms in total. The summed E-state index contributed by atoms with van der Waals surface area (Å²) in [5.74, 6) is -0.460. The number of carbonyl (C=O) groups excluding carboxylic acids is 2. The first-order valence-electron chi connectivity index (χ1n) is 6.70. The zero-order valence-electron chi connectivity index (χ0n) is 12.8. The molecule has 0 saturated carbocycles. The summed E-state index contributed by atoms with van der Waals surface area (Å²) >= 11 is 1.55. The van der Waals surface area contributed by atoms with Crippen molar-refractivity contribution in [1.82, 2.24) is 4.90 Å². The van der Waals surface area contributed by atoms with Crippen LogP contribution < -0.4 is 0 Å².